The van der Waals surface area contributed by atoms with Crippen LogP contribution in [0.25, 0.3) is 11.4 Å². The van der Waals surface area contributed by atoms with Crippen molar-refractivity contribution in [2.24, 2.45) is 5.92 Å². The number of likely N-dealkylation sites (tertiary alicyclic amines) is 1. The van der Waals surface area contributed by atoms with Crippen LogP contribution in [0.3, 0.4) is 0 Å². The van der Waals surface area contributed by atoms with Gasteiger partial charge in [-0.2, -0.15) is 4.98 Å². The molecular weight excluding hydrogens is 478 g/mol. The molecule has 3 aromatic rings. The molecule has 0 unspecified atom stereocenters. The lowest BCUT2D eigenvalue weighted by Gasteiger charge is -2.32. The summed E-state index contributed by atoms with van der Waals surface area (Å²) < 4.78 is 31.6. The van der Waals surface area contributed by atoms with Gasteiger partial charge in [0, 0.05) is 37.8 Å². The van der Waals surface area contributed by atoms with Crippen molar-refractivity contribution in [2.75, 3.05) is 38.6 Å². The maximum Gasteiger partial charge on any atom is 0.242 e. The van der Waals surface area contributed by atoms with Crippen LogP contribution in [0.1, 0.15) is 29.9 Å². The predicted molar refractivity (Wildman–Crippen MR) is 136 cm³/mol. The van der Waals surface area contributed by atoms with Crippen molar-refractivity contribution < 1.29 is 17.7 Å². The first-order chi connectivity index (χ1) is 17.2. The molecule has 36 heavy (non-hydrogen) atoms. The molecule has 3 heterocycles. The lowest BCUT2D eigenvalue weighted by atomic mass is 9.95. The highest BCUT2D eigenvalue weighted by atomic mass is 32.2. The Morgan fingerprint density at radius 2 is 1.89 bits per heavy atom. The first kappa shape index (κ1) is 24.6. The number of fused-ring (bicyclic) bond motifs is 1. The van der Waals surface area contributed by atoms with Crippen LogP contribution in [-0.4, -0.2) is 67.4 Å². The molecule has 9 nitrogen and oxygen atoms in total. The zero-order valence-corrected chi connectivity index (χ0v) is 21.7. The first-order valence-electron chi connectivity index (χ1n) is 12.2. The van der Waals surface area contributed by atoms with Gasteiger partial charge in [-0.1, -0.05) is 28.9 Å². The molecule has 1 aromatic heterocycles. The van der Waals surface area contributed by atoms with Gasteiger partial charge in [-0.3, -0.25) is 9.69 Å². The fourth-order valence-corrected chi connectivity index (χ4v) is 5.90. The molecule has 0 radical (unpaired) electrons. The highest BCUT2D eigenvalue weighted by Gasteiger charge is 2.33. The van der Waals surface area contributed by atoms with Crippen LogP contribution in [0.2, 0.25) is 0 Å². The number of carbonyl (C=O) groups is 1. The minimum Gasteiger partial charge on any atom is -0.338 e. The van der Waals surface area contributed by atoms with Crippen LogP contribution in [0.5, 0.6) is 0 Å². The van der Waals surface area contributed by atoms with Crippen molar-refractivity contribution >= 4 is 21.6 Å². The van der Waals surface area contributed by atoms with Gasteiger partial charge in [0.25, 0.3) is 0 Å². The van der Waals surface area contributed by atoms with Crippen molar-refractivity contribution in [3.05, 3.63) is 59.5 Å². The summed E-state index contributed by atoms with van der Waals surface area (Å²) in [6.45, 7) is 4.74. The molecule has 0 saturated carbocycles. The molecule has 2 aliphatic heterocycles. The second-order valence-electron chi connectivity index (χ2n) is 9.75. The Morgan fingerprint density at radius 3 is 2.61 bits per heavy atom. The maximum atomic E-state index is 13.3. The zero-order valence-electron chi connectivity index (χ0n) is 20.8. The number of rotatable bonds is 6. The van der Waals surface area contributed by atoms with E-state index >= 15 is 0 Å². The monoisotopic (exact) mass is 509 g/mol. The van der Waals surface area contributed by atoms with Gasteiger partial charge < -0.3 is 9.42 Å². The Hall–Kier alpha value is -3.08. The molecule has 10 heteroatoms. The number of piperidine rings is 1. The Labute approximate surface area is 211 Å². The summed E-state index contributed by atoms with van der Waals surface area (Å²) in [6.07, 6.45) is 2.18. The average molecular weight is 510 g/mol. The summed E-state index contributed by atoms with van der Waals surface area (Å²) in [4.78, 5) is 22.2. The number of amides is 1. The van der Waals surface area contributed by atoms with Gasteiger partial charge >= 0.3 is 0 Å². The predicted octanol–water partition coefficient (Wildman–Crippen LogP) is 3.10. The molecule has 1 fully saturated rings. The Morgan fingerprint density at radius 1 is 1.11 bits per heavy atom. The molecule has 190 valence electrons. The summed E-state index contributed by atoms with van der Waals surface area (Å²) in [5, 5.41) is 4.13. The van der Waals surface area contributed by atoms with E-state index in [-0.39, 0.29) is 16.7 Å². The molecule has 2 aliphatic rings. The van der Waals surface area contributed by atoms with Crippen molar-refractivity contribution in [1.82, 2.24) is 19.3 Å². The van der Waals surface area contributed by atoms with Crippen LogP contribution >= 0.6 is 0 Å². The molecule has 0 aliphatic carbocycles. The summed E-state index contributed by atoms with van der Waals surface area (Å²) in [6, 6.07) is 13.1. The smallest absolute Gasteiger partial charge is 0.242 e. The lowest BCUT2D eigenvalue weighted by molar-refractivity contribution is -0.123. The largest absolute Gasteiger partial charge is 0.338 e. The summed E-state index contributed by atoms with van der Waals surface area (Å²) >= 11 is 0. The fraction of sp³-hybridized carbons (Fsp3) is 0.423. The third kappa shape index (κ3) is 4.80. The van der Waals surface area contributed by atoms with E-state index in [0.717, 1.165) is 48.3 Å². The van der Waals surface area contributed by atoms with E-state index in [1.807, 2.05) is 36.1 Å². The molecule has 5 rings (SSSR count). The van der Waals surface area contributed by atoms with E-state index in [0.29, 0.717) is 31.2 Å². The number of benzene rings is 2. The van der Waals surface area contributed by atoms with Gasteiger partial charge in [0.1, 0.15) is 0 Å². The van der Waals surface area contributed by atoms with Crippen molar-refractivity contribution in [3.63, 3.8) is 0 Å². The maximum absolute atomic E-state index is 13.3. The van der Waals surface area contributed by atoms with E-state index in [1.165, 1.54) is 18.4 Å². The number of anilines is 1. The fourth-order valence-electron chi connectivity index (χ4n) is 4.95. The van der Waals surface area contributed by atoms with Gasteiger partial charge in [-0.25, -0.2) is 12.7 Å². The molecule has 0 bridgehead atoms. The van der Waals surface area contributed by atoms with Crippen molar-refractivity contribution in [2.45, 2.75) is 37.6 Å². The number of hydrogen-bond acceptors (Lipinski definition) is 7. The number of carbonyl (C=O) groups excluding carboxylic acids is 1. The standard InChI is InChI=1S/C26H31N5O4S/c1-18-5-4-6-21(15-18)25-27-24(35-28-25)17-30-12-9-19(10-13-30)26(32)31-14-11-20-16-22(7-8-23(20)31)36(33,34)29(2)3/h4-8,15-16,19H,9-14,17H2,1-3H3. The van der Waals surface area contributed by atoms with Crippen molar-refractivity contribution in [3.8, 4) is 11.4 Å². The average Bonchev–Trinajstić information content (AvgIpc) is 3.51. The molecule has 0 N–H and O–H groups in total. The normalized spacial score (nSPS) is 17.1. The highest BCUT2D eigenvalue weighted by Crippen LogP contribution is 2.33. The SMILES string of the molecule is Cc1cccc(-c2noc(CN3CCC(C(=O)N4CCc5cc(S(=O)(=O)N(C)C)ccc54)CC3)n2)c1. The second kappa shape index (κ2) is 9.76. The third-order valence-corrected chi connectivity index (χ3v) is 8.84. The summed E-state index contributed by atoms with van der Waals surface area (Å²) in [7, 11) is -0.458. The van der Waals surface area contributed by atoms with Gasteiger partial charge in [-0.15, -0.1) is 0 Å². The minimum atomic E-state index is -3.50. The third-order valence-electron chi connectivity index (χ3n) is 7.03. The summed E-state index contributed by atoms with van der Waals surface area (Å²) in [5.74, 6) is 1.24. The molecule has 1 amide bonds. The Bertz CT molecular complexity index is 1380. The van der Waals surface area contributed by atoms with E-state index in [4.69, 9.17) is 4.52 Å². The van der Waals surface area contributed by atoms with Crippen LogP contribution in [0, 0.1) is 12.8 Å². The first-order valence-corrected chi connectivity index (χ1v) is 13.6. The molecule has 0 spiro atoms. The quantitative estimate of drug-likeness (QED) is 0.503. The number of aryl methyl sites for hydroxylation is 1. The highest BCUT2D eigenvalue weighted by molar-refractivity contribution is 7.89. The molecule has 1 saturated heterocycles. The number of hydrogen-bond donors (Lipinski definition) is 0. The van der Waals surface area contributed by atoms with Crippen LogP contribution in [-0.2, 0) is 27.8 Å². The molecule has 0 atom stereocenters. The van der Waals surface area contributed by atoms with E-state index in [2.05, 4.69) is 15.0 Å². The zero-order chi connectivity index (χ0) is 25.4. The number of sulfonamides is 1. The summed E-state index contributed by atoms with van der Waals surface area (Å²) in [5.41, 5.74) is 3.82. The van der Waals surface area contributed by atoms with E-state index in [1.54, 1.807) is 18.2 Å². The second-order valence-corrected chi connectivity index (χ2v) is 11.9. The van der Waals surface area contributed by atoms with Crippen LogP contribution < -0.4 is 4.90 Å². The van der Waals surface area contributed by atoms with E-state index < -0.39 is 10.0 Å². The van der Waals surface area contributed by atoms with Gasteiger partial charge in [0.2, 0.25) is 27.6 Å². The molecular formula is C26H31N5O4S. The van der Waals surface area contributed by atoms with Crippen LogP contribution in [0.4, 0.5) is 5.69 Å². The Balaban J connectivity index is 1.19. The minimum absolute atomic E-state index is 0.0528. The lowest BCUT2D eigenvalue weighted by Crippen LogP contribution is -2.42. The van der Waals surface area contributed by atoms with Gasteiger partial charge in [0.15, 0.2) is 0 Å². The Kier molecular flexibility index (Phi) is 6.67. The molecule has 2 aromatic carbocycles. The van der Waals surface area contributed by atoms with Crippen molar-refractivity contribution in [1.29, 1.82) is 0 Å². The topological polar surface area (TPSA) is 99.8 Å². The van der Waals surface area contributed by atoms with Crippen LogP contribution in [0.15, 0.2) is 51.9 Å². The number of aromatic nitrogens is 2. The van der Waals surface area contributed by atoms with Gasteiger partial charge in [0.05, 0.1) is 11.4 Å². The number of nitrogens with zero attached hydrogens (tertiary/aromatic N) is 5. The van der Waals surface area contributed by atoms with E-state index in [9.17, 15) is 13.2 Å². The van der Waals surface area contributed by atoms with Gasteiger partial charge in [-0.05, 0) is 69.1 Å².